The normalized spacial score (nSPS) is 9.13. The predicted octanol–water partition coefficient (Wildman–Crippen LogP) is 0.546. The van der Waals surface area contributed by atoms with Gasteiger partial charge in [-0.2, -0.15) is 0 Å². The SMILES string of the molecule is Cl.NOCC(=O)NOCc1ccccc1. The van der Waals surface area contributed by atoms with Crippen LogP contribution in [0.25, 0.3) is 0 Å². The number of carbonyl (C=O) groups excluding carboxylic acids is 1. The van der Waals surface area contributed by atoms with Crippen molar-refractivity contribution in [3.63, 3.8) is 0 Å². The molecule has 0 saturated heterocycles. The van der Waals surface area contributed by atoms with Gasteiger partial charge in [-0.3, -0.25) is 14.5 Å². The number of hydrogen-bond acceptors (Lipinski definition) is 4. The fraction of sp³-hybridized carbons (Fsp3) is 0.222. The quantitative estimate of drug-likeness (QED) is 0.727. The summed E-state index contributed by atoms with van der Waals surface area (Å²) < 4.78 is 0. The Morgan fingerprint density at radius 1 is 1.33 bits per heavy atom. The maximum atomic E-state index is 10.8. The van der Waals surface area contributed by atoms with E-state index in [1.165, 1.54) is 0 Å². The zero-order chi connectivity index (χ0) is 10.2. The fourth-order valence-electron chi connectivity index (χ4n) is 0.879. The molecule has 15 heavy (non-hydrogen) atoms. The Hall–Kier alpha value is -1.14. The van der Waals surface area contributed by atoms with Gasteiger partial charge in [0.2, 0.25) is 0 Å². The van der Waals surface area contributed by atoms with Crippen LogP contribution >= 0.6 is 12.4 Å². The van der Waals surface area contributed by atoms with Crippen molar-refractivity contribution in [2.75, 3.05) is 6.61 Å². The third-order valence-corrected chi connectivity index (χ3v) is 1.48. The van der Waals surface area contributed by atoms with Crippen LogP contribution in [0.1, 0.15) is 5.56 Å². The van der Waals surface area contributed by atoms with Gasteiger partial charge in [0.15, 0.2) is 0 Å². The van der Waals surface area contributed by atoms with Crippen LogP contribution in [0.15, 0.2) is 30.3 Å². The second-order valence-electron chi connectivity index (χ2n) is 2.61. The van der Waals surface area contributed by atoms with Gasteiger partial charge in [0.1, 0.15) is 6.61 Å². The van der Waals surface area contributed by atoms with Crippen molar-refractivity contribution < 1.29 is 14.5 Å². The van der Waals surface area contributed by atoms with E-state index in [0.29, 0.717) is 6.61 Å². The van der Waals surface area contributed by atoms with Crippen LogP contribution in [0.4, 0.5) is 0 Å². The van der Waals surface area contributed by atoms with Crippen LogP contribution in [-0.2, 0) is 21.1 Å². The lowest BCUT2D eigenvalue weighted by atomic mass is 10.2. The molecule has 0 aromatic heterocycles. The monoisotopic (exact) mass is 232 g/mol. The Morgan fingerprint density at radius 3 is 2.60 bits per heavy atom. The number of rotatable bonds is 5. The smallest absolute Gasteiger partial charge is 0.271 e. The first-order valence-corrected chi connectivity index (χ1v) is 4.09. The van der Waals surface area contributed by atoms with Gasteiger partial charge >= 0.3 is 0 Å². The van der Waals surface area contributed by atoms with Crippen molar-refractivity contribution in [2.45, 2.75) is 6.61 Å². The van der Waals surface area contributed by atoms with E-state index < -0.39 is 5.91 Å². The second kappa shape index (κ2) is 8.19. The summed E-state index contributed by atoms with van der Waals surface area (Å²) in [5, 5.41) is 0. The molecule has 0 bridgehead atoms. The summed E-state index contributed by atoms with van der Waals surface area (Å²) in [6, 6.07) is 9.48. The topological polar surface area (TPSA) is 73.6 Å². The Bertz CT molecular complexity index is 282. The lowest BCUT2D eigenvalue weighted by molar-refractivity contribution is -0.139. The number of nitrogens with one attached hydrogen (secondary N) is 1. The summed E-state index contributed by atoms with van der Waals surface area (Å²) in [6.45, 7) is 0.103. The second-order valence-corrected chi connectivity index (χ2v) is 2.61. The van der Waals surface area contributed by atoms with E-state index in [4.69, 9.17) is 10.7 Å². The molecule has 1 amide bonds. The molecule has 0 fully saturated rings. The van der Waals surface area contributed by atoms with Crippen molar-refractivity contribution in [1.29, 1.82) is 0 Å². The first-order valence-electron chi connectivity index (χ1n) is 4.09. The maximum Gasteiger partial charge on any atom is 0.271 e. The van der Waals surface area contributed by atoms with Gasteiger partial charge in [-0.25, -0.2) is 11.4 Å². The van der Waals surface area contributed by atoms with Crippen LogP contribution in [0.5, 0.6) is 0 Å². The lowest BCUT2D eigenvalue weighted by Gasteiger charge is -2.04. The Morgan fingerprint density at radius 2 is 2.00 bits per heavy atom. The average molecular weight is 233 g/mol. The molecule has 0 spiro atoms. The molecule has 0 atom stereocenters. The van der Waals surface area contributed by atoms with Gasteiger partial charge in [0.25, 0.3) is 5.91 Å². The van der Waals surface area contributed by atoms with Gasteiger partial charge in [-0.15, -0.1) is 12.4 Å². The van der Waals surface area contributed by atoms with Gasteiger partial charge in [0.05, 0.1) is 6.61 Å². The summed E-state index contributed by atoms with van der Waals surface area (Å²) >= 11 is 0. The molecular weight excluding hydrogens is 220 g/mol. The summed E-state index contributed by atoms with van der Waals surface area (Å²) in [4.78, 5) is 19.8. The lowest BCUT2D eigenvalue weighted by Crippen LogP contribution is -2.28. The summed E-state index contributed by atoms with van der Waals surface area (Å²) in [5.41, 5.74) is 3.16. The van der Waals surface area contributed by atoms with Crippen LogP contribution in [0, 0.1) is 0 Å². The molecule has 6 heteroatoms. The van der Waals surface area contributed by atoms with Crippen LogP contribution < -0.4 is 11.4 Å². The zero-order valence-electron chi connectivity index (χ0n) is 8.01. The van der Waals surface area contributed by atoms with Gasteiger partial charge in [0, 0.05) is 0 Å². The van der Waals surface area contributed by atoms with Crippen molar-refractivity contribution >= 4 is 18.3 Å². The molecule has 0 saturated carbocycles. The van der Waals surface area contributed by atoms with E-state index >= 15 is 0 Å². The molecule has 1 aromatic carbocycles. The number of amides is 1. The first-order chi connectivity index (χ1) is 6.83. The molecule has 0 aliphatic carbocycles. The molecule has 0 unspecified atom stereocenters. The molecule has 3 N–H and O–H groups in total. The van der Waals surface area contributed by atoms with Crippen LogP contribution in [0.2, 0.25) is 0 Å². The van der Waals surface area contributed by atoms with Crippen molar-refractivity contribution in [2.24, 2.45) is 5.90 Å². The van der Waals surface area contributed by atoms with E-state index in [2.05, 4.69) is 10.3 Å². The van der Waals surface area contributed by atoms with Gasteiger partial charge < -0.3 is 0 Å². The molecule has 1 aromatic rings. The summed E-state index contributed by atoms with van der Waals surface area (Å²) in [7, 11) is 0. The minimum atomic E-state index is -0.413. The third-order valence-electron chi connectivity index (χ3n) is 1.48. The van der Waals surface area contributed by atoms with Crippen molar-refractivity contribution in [3.8, 4) is 0 Å². The Balaban J connectivity index is 0.00000196. The molecule has 84 valence electrons. The number of nitrogens with two attached hydrogens (primary N) is 1. The Labute approximate surface area is 93.9 Å². The third kappa shape index (κ3) is 6.03. The highest BCUT2D eigenvalue weighted by molar-refractivity contribution is 5.85. The number of hydroxylamine groups is 1. The van der Waals surface area contributed by atoms with E-state index in [0.717, 1.165) is 5.56 Å². The van der Waals surface area contributed by atoms with E-state index in [1.807, 2.05) is 30.3 Å². The van der Waals surface area contributed by atoms with Gasteiger partial charge in [-0.05, 0) is 5.56 Å². The van der Waals surface area contributed by atoms with Crippen LogP contribution in [-0.4, -0.2) is 12.5 Å². The standard InChI is InChI=1S/C9H12N2O3.ClH/c10-13-7-9(12)11-14-6-8-4-2-1-3-5-8;/h1-5H,6-7,10H2,(H,11,12);1H. The molecular formula is C9H13ClN2O3. The highest BCUT2D eigenvalue weighted by atomic mass is 35.5. The highest BCUT2D eigenvalue weighted by Gasteiger charge is 1.99. The van der Waals surface area contributed by atoms with Crippen LogP contribution in [0.3, 0.4) is 0 Å². The largest absolute Gasteiger partial charge is 0.295 e. The number of carbonyl (C=O) groups is 1. The fourth-order valence-corrected chi connectivity index (χ4v) is 0.879. The van der Waals surface area contributed by atoms with E-state index in [1.54, 1.807) is 0 Å². The highest BCUT2D eigenvalue weighted by Crippen LogP contribution is 1.98. The number of benzene rings is 1. The molecule has 0 aliphatic heterocycles. The predicted molar refractivity (Wildman–Crippen MR) is 56.8 cm³/mol. The van der Waals surface area contributed by atoms with Crippen molar-refractivity contribution in [3.05, 3.63) is 35.9 Å². The zero-order valence-corrected chi connectivity index (χ0v) is 8.83. The summed E-state index contributed by atoms with van der Waals surface area (Å²) in [5.74, 6) is 4.28. The number of hydrogen-bond donors (Lipinski definition) is 2. The average Bonchev–Trinajstić information content (AvgIpc) is 2.20. The minimum Gasteiger partial charge on any atom is -0.295 e. The van der Waals surface area contributed by atoms with Gasteiger partial charge in [-0.1, -0.05) is 30.3 Å². The minimum absolute atomic E-state index is 0. The molecule has 5 nitrogen and oxygen atoms in total. The van der Waals surface area contributed by atoms with Crippen molar-refractivity contribution in [1.82, 2.24) is 5.48 Å². The molecule has 0 heterocycles. The van der Waals surface area contributed by atoms with E-state index in [9.17, 15) is 4.79 Å². The Kier molecular flexibility index (Phi) is 7.57. The number of halogens is 1. The van der Waals surface area contributed by atoms with E-state index in [-0.39, 0.29) is 19.0 Å². The maximum absolute atomic E-state index is 10.8. The molecule has 1 rings (SSSR count). The summed E-state index contributed by atoms with van der Waals surface area (Å²) in [6.07, 6.45) is 0. The molecule has 0 radical (unpaired) electrons. The first kappa shape index (κ1) is 13.9. The molecule has 0 aliphatic rings.